The fourth-order valence-electron chi connectivity index (χ4n) is 3.35. The second kappa shape index (κ2) is 7.68. The number of rotatable bonds is 6. The Morgan fingerprint density at radius 2 is 1.89 bits per heavy atom. The van der Waals surface area contributed by atoms with Gasteiger partial charge in [0.1, 0.15) is 17.7 Å². The van der Waals surface area contributed by atoms with Crippen LogP contribution in [0.25, 0.3) is 0 Å². The molecule has 3 aromatic rings. The number of fused-ring (bicyclic) bond motifs is 1. The lowest BCUT2D eigenvalue weighted by molar-refractivity contribution is 0.0727. The lowest BCUT2D eigenvalue weighted by Gasteiger charge is -2.27. The van der Waals surface area contributed by atoms with E-state index in [9.17, 15) is 9.18 Å². The first-order chi connectivity index (χ1) is 13.7. The van der Waals surface area contributed by atoms with Gasteiger partial charge in [0.2, 0.25) is 0 Å². The lowest BCUT2D eigenvalue weighted by Crippen LogP contribution is -2.32. The van der Waals surface area contributed by atoms with Crippen molar-refractivity contribution in [3.05, 3.63) is 89.5 Å². The lowest BCUT2D eigenvalue weighted by atomic mass is 10.2. The number of anilines is 1. The molecule has 1 aliphatic rings. The van der Waals surface area contributed by atoms with Crippen molar-refractivity contribution in [1.29, 1.82) is 0 Å². The summed E-state index contributed by atoms with van der Waals surface area (Å²) in [5.74, 6) is 0.296. The fourth-order valence-corrected chi connectivity index (χ4v) is 3.35. The van der Waals surface area contributed by atoms with Crippen LogP contribution in [-0.4, -0.2) is 22.4 Å². The summed E-state index contributed by atoms with van der Waals surface area (Å²) in [4.78, 5) is 19.2. The molecule has 0 spiro atoms. The number of benzene rings is 2. The van der Waals surface area contributed by atoms with Crippen molar-refractivity contribution in [1.82, 2.24) is 9.88 Å². The van der Waals surface area contributed by atoms with Crippen LogP contribution < -0.4 is 10.1 Å². The minimum Gasteiger partial charge on any atom is -0.492 e. The first-order valence-electron chi connectivity index (χ1n) is 9.16. The Labute approximate surface area is 162 Å². The Balaban J connectivity index is 1.69. The van der Waals surface area contributed by atoms with Gasteiger partial charge in [0.15, 0.2) is 0 Å². The average Bonchev–Trinajstić information content (AvgIpc) is 2.97. The monoisotopic (exact) mass is 377 g/mol. The highest BCUT2D eigenvalue weighted by molar-refractivity contribution is 5.99. The Hall–Kier alpha value is -3.41. The van der Waals surface area contributed by atoms with Crippen LogP contribution in [0.1, 0.15) is 34.7 Å². The molecule has 1 amide bonds. The molecule has 5 nitrogen and oxygen atoms in total. The van der Waals surface area contributed by atoms with Crippen molar-refractivity contribution in [3.8, 4) is 5.75 Å². The highest BCUT2D eigenvalue weighted by atomic mass is 19.1. The Morgan fingerprint density at radius 3 is 2.68 bits per heavy atom. The number of nitrogens with zero attached hydrogens (tertiary/aromatic N) is 2. The van der Waals surface area contributed by atoms with Crippen molar-refractivity contribution in [2.45, 2.75) is 19.6 Å². The van der Waals surface area contributed by atoms with Crippen LogP contribution in [0.3, 0.4) is 0 Å². The molecular weight excluding hydrogens is 357 g/mol. The van der Waals surface area contributed by atoms with Gasteiger partial charge >= 0.3 is 0 Å². The number of aromatic nitrogens is 1. The molecule has 1 aliphatic heterocycles. The maximum Gasteiger partial charge on any atom is 0.258 e. The molecule has 1 aromatic heterocycles. The van der Waals surface area contributed by atoms with Gasteiger partial charge in [-0.3, -0.25) is 9.78 Å². The van der Waals surface area contributed by atoms with Gasteiger partial charge in [-0.1, -0.05) is 24.3 Å². The first kappa shape index (κ1) is 18.0. The van der Waals surface area contributed by atoms with E-state index in [-0.39, 0.29) is 11.7 Å². The van der Waals surface area contributed by atoms with Gasteiger partial charge in [0, 0.05) is 12.7 Å². The van der Waals surface area contributed by atoms with E-state index in [0.29, 0.717) is 30.2 Å². The maximum absolute atomic E-state index is 13.3. The summed E-state index contributed by atoms with van der Waals surface area (Å²) >= 11 is 0. The van der Waals surface area contributed by atoms with Crippen LogP contribution >= 0.6 is 0 Å². The summed E-state index contributed by atoms with van der Waals surface area (Å²) in [5, 5.41) is 3.41. The first-order valence-corrected chi connectivity index (χ1v) is 9.16. The number of para-hydroxylation sites is 2. The molecule has 1 N–H and O–H groups in total. The quantitative estimate of drug-likeness (QED) is 0.692. The zero-order valence-corrected chi connectivity index (χ0v) is 15.4. The van der Waals surface area contributed by atoms with Crippen molar-refractivity contribution in [2.75, 3.05) is 11.9 Å². The molecule has 0 radical (unpaired) electrons. The SMILES string of the molecule is CCOc1ccccc1N[C@H]1c2ncccc2C(=O)N1Cc1ccc(F)cc1. The predicted molar refractivity (Wildman–Crippen MR) is 104 cm³/mol. The molecule has 142 valence electrons. The molecule has 0 saturated carbocycles. The van der Waals surface area contributed by atoms with E-state index in [1.54, 1.807) is 35.4 Å². The van der Waals surface area contributed by atoms with E-state index in [2.05, 4.69) is 10.3 Å². The molecule has 4 rings (SSSR count). The van der Waals surface area contributed by atoms with Crippen molar-refractivity contribution >= 4 is 11.6 Å². The highest BCUT2D eigenvalue weighted by Gasteiger charge is 2.38. The molecule has 0 saturated heterocycles. The van der Waals surface area contributed by atoms with Crippen LogP contribution in [0.4, 0.5) is 10.1 Å². The van der Waals surface area contributed by atoms with Crippen molar-refractivity contribution in [2.24, 2.45) is 0 Å². The van der Waals surface area contributed by atoms with Crippen LogP contribution in [-0.2, 0) is 6.54 Å². The third-order valence-electron chi connectivity index (χ3n) is 4.65. The summed E-state index contributed by atoms with van der Waals surface area (Å²) < 4.78 is 19.0. The number of ether oxygens (including phenoxy) is 1. The average molecular weight is 377 g/mol. The normalized spacial score (nSPS) is 15.4. The van der Waals surface area contributed by atoms with E-state index in [4.69, 9.17) is 4.74 Å². The molecule has 0 aliphatic carbocycles. The Morgan fingerprint density at radius 1 is 1.11 bits per heavy atom. The van der Waals surface area contributed by atoms with E-state index in [0.717, 1.165) is 11.3 Å². The molecular formula is C22H20FN3O2. The van der Waals surface area contributed by atoms with Gasteiger partial charge in [-0.05, 0) is 48.9 Å². The molecule has 6 heteroatoms. The van der Waals surface area contributed by atoms with Gasteiger partial charge in [-0.25, -0.2) is 4.39 Å². The zero-order valence-electron chi connectivity index (χ0n) is 15.4. The fraction of sp³-hybridized carbons (Fsp3) is 0.182. The number of hydrogen-bond acceptors (Lipinski definition) is 4. The van der Waals surface area contributed by atoms with Crippen LogP contribution in [0.15, 0.2) is 66.9 Å². The standard InChI is InChI=1S/C22H20FN3O2/c1-2-28-19-8-4-3-7-18(19)25-21-20-17(6-5-13-24-20)22(27)26(21)14-15-9-11-16(23)12-10-15/h3-13,21,25H,2,14H2,1H3/t21-/m1/s1. The Kier molecular flexibility index (Phi) is 4.93. The largest absolute Gasteiger partial charge is 0.492 e. The van der Waals surface area contributed by atoms with Crippen LogP contribution in [0.5, 0.6) is 5.75 Å². The summed E-state index contributed by atoms with van der Waals surface area (Å²) in [6, 6.07) is 17.3. The number of halogens is 1. The van der Waals surface area contributed by atoms with Gasteiger partial charge in [0.25, 0.3) is 5.91 Å². The molecule has 2 heterocycles. The topological polar surface area (TPSA) is 54.5 Å². The second-order valence-electron chi connectivity index (χ2n) is 6.47. The van der Waals surface area contributed by atoms with Crippen LogP contribution in [0.2, 0.25) is 0 Å². The molecule has 2 aromatic carbocycles. The summed E-state index contributed by atoms with van der Waals surface area (Å²) in [5.41, 5.74) is 2.86. The van der Waals surface area contributed by atoms with Gasteiger partial charge in [-0.2, -0.15) is 0 Å². The Bertz CT molecular complexity index is 991. The minimum atomic E-state index is -0.449. The van der Waals surface area contributed by atoms with E-state index < -0.39 is 6.17 Å². The highest BCUT2D eigenvalue weighted by Crippen LogP contribution is 2.36. The summed E-state index contributed by atoms with van der Waals surface area (Å²) in [6.07, 6.45) is 1.23. The third kappa shape index (κ3) is 3.41. The van der Waals surface area contributed by atoms with E-state index in [1.165, 1.54) is 12.1 Å². The predicted octanol–water partition coefficient (Wildman–Crippen LogP) is 4.39. The number of carbonyl (C=O) groups excluding carboxylic acids is 1. The smallest absolute Gasteiger partial charge is 0.258 e. The third-order valence-corrected chi connectivity index (χ3v) is 4.65. The maximum atomic E-state index is 13.3. The summed E-state index contributed by atoms with van der Waals surface area (Å²) in [6.45, 7) is 2.80. The molecule has 1 atom stereocenters. The number of carbonyl (C=O) groups is 1. The van der Waals surface area contributed by atoms with E-state index >= 15 is 0 Å². The van der Waals surface area contributed by atoms with Crippen molar-refractivity contribution in [3.63, 3.8) is 0 Å². The number of hydrogen-bond donors (Lipinski definition) is 1. The zero-order chi connectivity index (χ0) is 19.5. The molecule has 0 unspecified atom stereocenters. The van der Waals surface area contributed by atoms with Gasteiger partial charge in [0.05, 0.1) is 23.6 Å². The molecule has 0 fully saturated rings. The van der Waals surface area contributed by atoms with E-state index in [1.807, 2.05) is 31.2 Å². The van der Waals surface area contributed by atoms with Crippen LogP contribution in [0, 0.1) is 5.82 Å². The van der Waals surface area contributed by atoms with Crippen molar-refractivity contribution < 1.29 is 13.9 Å². The van der Waals surface area contributed by atoms with Gasteiger partial charge in [-0.15, -0.1) is 0 Å². The second-order valence-corrected chi connectivity index (χ2v) is 6.47. The number of nitrogens with one attached hydrogen (secondary N) is 1. The number of pyridine rings is 1. The minimum absolute atomic E-state index is 0.112. The molecule has 0 bridgehead atoms. The summed E-state index contributed by atoms with van der Waals surface area (Å²) in [7, 11) is 0. The number of amides is 1. The molecule has 28 heavy (non-hydrogen) atoms. The van der Waals surface area contributed by atoms with Gasteiger partial charge < -0.3 is 15.0 Å².